The summed E-state index contributed by atoms with van der Waals surface area (Å²) in [5.74, 6) is 2.11. The van der Waals surface area contributed by atoms with Crippen LogP contribution in [0.1, 0.15) is 48.7 Å². The van der Waals surface area contributed by atoms with Crippen LogP contribution < -0.4 is 5.32 Å². The van der Waals surface area contributed by atoms with Crippen LogP contribution in [0.15, 0.2) is 24.4 Å². The molecule has 0 aliphatic heterocycles. The number of aromatic nitrogens is 3. The van der Waals surface area contributed by atoms with E-state index in [4.69, 9.17) is 4.74 Å². The highest BCUT2D eigenvalue weighted by molar-refractivity contribution is 5.90. The monoisotopic (exact) mass is 352 g/mol. The number of hydrogen-bond acceptors (Lipinski definition) is 5. The summed E-state index contributed by atoms with van der Waals surface area (Å²) in [7, 11) is 0. The summed E-state index contributed by atoms with van der Waals surface area (Å²) in [5, 5.41) is 8.11. The highest BCUT2D eigenvalue weighted by Crippen LogP contribution is 2.92. The lowest BCUT2D eigenvalue weighted by atomic mass is 10.2. The normalized spacial score (nSPS) is 21.0. The number of esters is 1. The van der Waals surface area contributed by atoms with Crippen LogP contribution in [0.4, 0.5) is 5.82 Å². The number of ether oxygens (including phenoxy) is 1. The van der Waals surface area contributed by atoms with E-state index in [0.29, 0.717) is 34.5 Å². The lowest BCUT2D eigenvalue weighted by Gasteiger charge is -2.07. The van der Waals surface area contributed by atoms with Gasteiger partial charge < -0.3 is 10.1 Å². The van der Waals surface area contributed by atoms with Crippen molar-refractivity contribution in [1.82, 2.24) is 14.8 Å². The number of rotatable bonds is 6. The van der Waals surface area contributed by atoms with Crippen LogP contribution in [-0.2, 0) is 4.74 Å². The highest BCUT2D eigenvalue weighted by atomic mass is 16.5. The average Bonchev–Trinajstić information content (AvgIpc) is 3.57. The van der Waals surface area contributed by atoms with Gasteiger partial charge in [-0.1, -0.05) is 0 Å². The summed E-state index contributed by atoms with van der Waals surface area (Å²) in [6.07, 6.45) is 7.64. The molecule has 3 saturated carbocycles. The molecule has 2 heterocycles. The SMILES string of the molecule is CCOC(=O)c1ccc(-n2ccc(NCC3C4(CC4)C34CC4)n2)nc1C. The Labute approximate surface area is 153 Å². The molecule has 2 spiro atoms. The average molecular weight is 352 g/mol. The molecule has 136 valence electrons. The van der Waals surface area contributed by atoms with Crippen LogP contribution in [0, 0.1) is 23.7 Å². The van der Waals surface area contributed by atoms with Crippen molar-refractivity contribution in [2.24, 2.45) is 16.7 Å². The predicted octanol–water partition coefficient (Wildman–Crippen LogP) is 3.35. The fourth-order valence-corrected chi connectivity index (χ4v) is 5.05. The number of aryl methyl sites for hydroxylation is 1. The van der Waals surface area contributed by atoms with Crippen molar-refractivity contribution in [3.8, 4) is 5.82 Å². The van der Waals surface area contributed by atoms with E-state index >= 15 is 0 Å². The van der Waals surface area contributed by atoms with Crippen molar-refractivity contribution in [2.45, 2.75) is 39.5 Å². The summed E-state index contributed by atoms with van der Waals surface area (Å²) < 4.78 is 6.80. The first kappa shape index (κ1) is 15.9. The van der Waals surface area contributed by atoms with Crippen molar-refractivity contribution in [3.05, 3.63) is 35.7 Å². The van der Waals surface area contributed by atoms with Gasteiger partial charge in [-0.2, -0.15) is 0 Å². The third kappa shape index (κ3) is 2.20. The van der Waals surface area contributed by atoms with E-state index in [2.05, 4.69) is 15.4 Å². The maximum atomic E-state index is 11.9. The number of anilines is 1. The molecule has 5 rings (SSSR count). The van der Waals surface area contributed by atoms with Crippen LogP contribution in [-0.4, -0.2) is 33.9 Å². The first-order chi connectivity index (χ1) is 12.6. The van der Waals surface area contributed by atoms with Gasteiger partial charge in [0.05, 0.1) is 17.9 Å². The van der Waals surface area contributed by atoms with Gasteiger partial charge in [-0.05, 0) is 68.4 Å². The molecular formula is C20H24N4O2. The fourth-order valence-electron chi connectivity index (χ4n) is 5.05. The number of carbonyl (C=O) groups is 1. The molecule has 6 heteroatoms. The van der Waals surface area contributed by atoms with Gasteiger partial charge in [0.1, 0.15) is 5.82 Å². The Kier molecular flexibility index (Phi) is 3.24. The zero-order valence-electron chi connectivity index (χ0n) is 15.3. The molecule has 0 unspecified atom stereocenters. The molecule has 3 aliphatic carbocycles. The standard InChI is InChI=1S/C20H24N4O2/c1-3-26-18(25)14-4-5-17(22-13(14)2)24-11-6-16(23-24)21-12-15-19(7-8-19)20(15)9-10-20/h4-6,11,15H,3,7-10,12H2,1-2H3,(H,21,23). The Morgan fingerprint density at radius 3 is 2.62 bits per heavy atom. The van der Waals surface area contributed by atoms with Crippen LogP contribution in [0.5, 0.6) is 0 Å². The number of carbonyl (C=O) groups excluding carboxylic acids is 1. The summed E-state index contributed by atoms with van der Waals surface area (Å²) in [6, 6.07) is 5.54. The largest absolute Gasteiger partial charge is 0.462 e. The Hall–Kier alpha value is -2.37. The quantitative estimate of drug-likeness (QED) is 0.808. The molecule has 26 heavy (non-hydrogen) atoms. The van der Waals surface area contributed by atoms with Crippen LogP contribution in [0.3, 0.4) is 0 Å². The minimum Gasteiger partial charge on any atom is -0.462 e. The van der Waals surface area contributed by atoms with Crippen molar-refractivity contribution >= 4 is 11.8 Å². The third-order valence-electron chi connectivity index (χ3n) is 6.70. The van der Waals surface area contributed by atoms with Gasteiger partial charge in [0.2, 0.25) is 0 Å². The van der Waals surface area contributed by atoms with Gasteiger partial charge >= 0.3 is 5.97 Å². The van der Waals surface area contributed by atoms with Crippen molar-refractivity contribution in [1.29, 1.82) is 0 Å². The van der Waals surface area contributed by atoms with Gasteiger partial charge in [0.25, 0.3) is 0 Å². The number of nitrogens with zero attached hydrogens (tertiary/aromatic N) is 3. The van der Waals surface area contributed by atoms with E-state index in [0.717, 1.165) is 18.3 Å². The number of fused-ring (bicyclic) bond motifs is 1. The molecule has 0 bridgehead atoms. The molecule has 2 aromatic heterocycles. The van der Waals surface area contributed by atoms with E-state index < -0.39 is 0 Å². The van der Waals surface area contributed by atoms with E-state index in [1.807, 2.05) is 19.2 Å². The lowest BCUT2D eigenvalue weighted by molar-refractivity contribution is 0.0525. The molecule has 3 fully saturated rings. The van der Waals surface area contributed by atoms with Gasteiger partial charge in [-0.25, -0.2) is 14.5 Å². The first-order valence-electron chi connectivity index (χ1n) is 9.54. The van der Waals surface area contributed by atoms with Crippen molar-refractivity contribution < 1.29 is 9.53 Å². The highest BCUT2D eigenvalue weighted by Gasteiger charge is 2.85. The summed E-state index contributed by atoms with van der Waals surface area (Å²) >= 11 is 0. The molecule has 6 nitrogen and oxygen atoms in total. The first-order valence-corrected chi connectivity index (χ1v) is 9.54. The zero-order valence-corrected chi connectivity index (χ0v) is 15.3. The van der Waals surface area contributed by atoms with Crippen molar-refractivity contribution in [2.75, 3.05) is 18.5 Å². The molecule has 0 amide bonds. The van der Waals surface area contributed by atoms with E-state index in [-0.39, 0.29) is 5.97 Å². The molecule has 1 N–H and O–H groups in total. The topological polar surface area (TPSA) is 69.0 Å². The Morgan fingerprint density at radius 2 is 2.00 bits per heavy atom. The number of hydrogen-bond donors (Lipinski definition) is 1. The van der Waals surface area contributed by atoms with E-state index in [1.165, 1.54) is 25.7 Å². The van der Waals surface area contributed by atoms with Crippen LogP contribution >= 0.6 is 0 Å². The van der Waals surface area contributed by atoms with Crippen molar-refractivity contribution in [3.63, 3.8) is 0 Å². The summed E-state index contributed by atoms with van der Waals surface area (Å²) in [6.45, 7) is 5.00. The van der Waals surface area contributed by atoms with Gasteiger partial charge in [-0.15, -0.1) is 5.10 Å². The predicted molar refractivity (Wildman–Crippen MR) is 97.4 cm³/mol. The minimum atomic E-state index is -0.334. The van der Waals surface area contributed by atoms with Crippen LogP contribution in [0.2, 0.25) is 0 Å². The zero-order chi connectivity index (χ0) is 17.9. The maximum absolute atomic E-state index is 11.9. The lowest BCUT2D eigenvalue weighted by Crippen LogP contribution is -2.10. The Bertz CT molecular complexity index is 862. The Balaban J connectivity index is 1.26. The van der Waals surface area contributed by atoms with Gasteiger partial charge in [0.15, 0.2) is 5.82 Å². The molecule has 0 aromatic carbocycles. The molecule has 3 aliphatic rings. The van der Waals surface area contributed by atoms with E-state index in [1.54, 1.807) is 23.7 Å². The summed E-state index contributed by atoms with van der Waals surface area (Å²) in [5.41, 5.74) is 2.57. The number of pyridine rings is 1. The second-order valence-electron chi connectivity index (χ2n) is 7.91. The molecule has 2 aromatic rings. The smallest absolute Gasteiger partial charge is 0.339 e. The second-order valence-corrected chi connectivity index (χ2v) is 7.91. The maximum Gasteiger partial charge on any atom is 0.339 e. The molecule has 0 radical (unpaired) electrons. The summed E-state index contributed by atoms with van der Waals surface area (Å²) in [4.78, 5) is 16.4. The van der Waals surface area contributed by atoms with E-state index in [9.17, 15) is 4.79 Å². The van der Waals surface area contributed by atoms with Gasteiger partial charge in [0, 0.05) is 18.8 Å². The second kappa shape index (κ2) is 5.32. The Morgan fingerprint density at radius 1 is 1.27 bits per heavy atom. The van der Waals surface area contributed by atoms with Gasteiger partial charge in [-0.3, -0.25) is 0 Å². The van der Waals surface area contributed by atoms with Crippen LogP contribution in [0.25, 0.3) is 5.82 Å². The number of nitrogens with one attached hydrogen (secondary N) is 1. The fraction of sp³-hybridized carbons (Fsp3) is 0.550. The third-order valence-corrected chi connectivity index (χ3v) is 6.70. The molecule has 0 saturated heterocycles. The molecule has 0 atom stereocenters. The minimum absolute atomic E-state index is 0.334. The molecular weight excluding hydrogens is 328 g/mol.